The van der Waals surface area contributed by atoms with Gasteiger partial charge in [-0.3, -0.25) is 4.79 Å². The van der Waals surface area contributed by atoms with E-state index in [1.165, 1.54) is 0 Å². The molecule has 5 nitrogen and oxygen atoms in total. The van der Waals surface area contributed by atoms with Gasteiger partial charge >= 0.3 is 0 Å². The summed E-state index contributed by atoms with van der Waals surface area (Å²) in [7, 11) is 1.60. The van der Waals surface area contributed by atoms with Crippen LogP contribution in [0.1, 0.15) is 19.4 Å². The van der Waals surface area contributed by atoms with Crippen LogP contribution in [-0.4, -0.2) is 43.4 Å². The van der Waals surface area contributed by atoms with Gasteiger partial charge in [-0.15, -0.1) is 0 Å². The number of nitrogens with zero attached hydrogens (tertiary/aromatic N) is 2. The number of hydrogen-bond donors (Lipinski definition) is 0. The highest BCUT2D eigenvalue weighted by molar-refractivity contribution is 6.10. The molecule has 134 valence electrons. The zero-order valence-corrected chi connectivity index (χ0v) is 15.3. The van der Waals surface area contributed by atoms with Crippen molar-refractivity contribution >= 4 is 11.7 Å². The molecule has 1 amide bonds. The summed E-state index contributed by atoms with van der Waals surface area (Å²) in [5.41, 5.74) is -0.469. The SMILES string of the molecule is [C-]#[N+]C1=C[C@]2(c3ccccc3)C(=O)N(CCOC)CC=C2C(C)(C)C1=O. The Kier molecular flexibility index (Phi) is 4.55. The molecular formula is C21H22N2O3. The van der Waals surface area contributed by atoms with Gasteiger partial charge in [0, 0.05) is 25.6 Å². The van der Waals surface area contributed by atoms with Gasteiger partial charge in [-0.1, -0.05) is 56.3 Å². The van der Waals surface area contributed by atoms with E-state index in [9.17, 15) is 9.59 Å². The maximum atomic E-state index is 13.6. The summed E-state index contributed by atoms with van der Waals surface area (Å²) in [6.45, 7) is 12.4. The minimum Gasteiger partial charge on any atom is -0.383 e. The van der Waals surface area contributed by atoms with Crippen LogP contribution in [0.25, 0.3) is 4.85 Å². The second-order valence-corrected chi connectivity index (χ2v) is 7.13. The maximum absolute atomic E-state index is 13.6. The number of ketones is 1. The first kappa shape index (κ1) is 18.1. The minimum atomic E-state index is -1.12. The van der Waals surface area contributed by atoms with E-state index in [1.807, 2.05) is 36.4 Å². The molecule has 0 aromatic heterocycles. The van der Waals surface area contributed by atoms with Gasteiger partial charge in [0.2, 0.25) is 11.6 Å². The Morgan fingerprint density at radius 3 is 2.54 bits per heavy atom. The number of fused-ring (bicyclic) bond motifs is 1. The minimum absolute atomic E-state index is 0.0259. The van der Waals surface area contributed by atoms with Crippen molar-refractivity contribution in [2.24, 2.45) is 5.41 Å². The van der Waals surface area contributed by atoms with Crippen LogP contribution in [0.3, 0.4) is 0 Å². The van der Waals surface area contributed by atoms with Crippen molar-refractivity contribution < 1.29 is 14.3 Å². The van der Waals surface area contributed by atoms with Crippen LogP contribution in [0.15, 0.2) is 53.8 Å². The lowest BCUT2D eigenvalue weighted by Crippen LogP contribution is -2.57. The molecule has 1 aromatic rings. The number of allylic oxidation sites excluding steroid dienone is 1. The van der Waals surface area contributed by atoms with Gasteiger partial charge in [-0.25, -0.2) is 4.85 Å². The summed E-state index contributed by atoms with van der Waals surface area (Å²) in [6.07, 6.45) is 3.54. The molecule has 0 unspecified atom stereocenters. The van der Waals surface area contributed by atoms with Crippen molar-refractivity contribution in [2.75, 3.05) is 26.8 Å². The number of Topliss-reactive ketones (excluding diaryl/α,β-unsaturated/α-hetero) is 1. The van der Waals surface area contributed by atoms with Crippen molar-refractivity contribution in [2.45, 2.75) is 19.3 Å². The number of carbonyl (C=O) groups excluding carboxylic acids is 2. The molecule has 0 saturated heterocycles. The smallest absolute Gasteiger partial charge is 0.240 e. The number of rotatable bonds is 4. The van der Waals surface area contributed by atoms with Gasteiger partial charge in [-0.2, -0.15) is 0 Å². The van der Waals surface area contributed by atoms with Crippen molar-refractivity contribution in [1.82, 2.24) is 4.90 Å². The normalized spacial score (nSPS) is 24.5. The summed E-state index contributed by atoms with van der Waals surface area (Å²) < 4.78 is 5.14. The van der Waals surface area contributed by atoms with Gasteiger partial charge in [0.05, 0.1) is 13.2 Å². The molecule has 5 heteroatoms. The first-order valence-electron chi connectivity index (χ1n) is 8.59. The fourth-order valence-electron chi connectivity index (χ4n) is 3.95. The molecule has 2 aliphatic rings. The van der Waals surface area contributed by atoms with Crippen LogP contribution in [0.2, 0.25) is 0 Å². The highest BCUT2D eigenvalue weighted by Crippen LogP contribution is 2.51. The predicted molar refractivity (Wildman–Crippen MR) is 98.1 cm³/mol. The molecule has 1 aromatic carbocycles. The van der Waals surface area contributed by atoms with E-state index < -0.39 is 10.8 Å². The zero-order chi connectivity index (χ0) is 18.9. The van der Waals surface area contributed by atoms with Crippen LogP contribution in [0.5, 0.6) is 0 Å². The van der Waals surface area contributed by atoms with E-state index in [-0.39, 0.29) is 17.4 Å². The third-order valence-corrected chi connectivity index (χ3v) is 5.31. The second kappa shape index (κ2) is 6.54. The number of amides is 1. The average molecular weight is 350 g/mol. The van der Waals surface area contributed by atoms with Crippen molar-refractivity contribution in [3.8, 4) is 0 Å². The Morgan fingerprint density at radius 1 is 1.23 bits per heavy atom. The van der Waals surface area contributed by atoms with Gasteiger partial charge in [-0.05, 0) is 11.1 Å². The van der Waals surface area contributed by atoms with Crippen LogP contribution < -0.4 is 0 Å². The summed E-state index contributed by atoms with van der Waals surface area (Å²) >= 11 is 0. The molecule has 26 heavy (non-hydrogen) atoms. The number of hydrogen-bond acceptors (Lipinski definition) is 3. The molecular weight excluding hydrogens is 328 g/mol. The Labute approximate surface area is 153 Å². The quantitative estimate of drug-likeness (QED) is 0.620. The molecule has 0 spiro atoms. The van der Waals surface area contributed by atoms with Gasteiger partial charge in [0.25, 0.3) is 0 Å². The number of ether oxygens (including phenoxy) is 1. The Balaban J connectivity index is 2.29. The molecule has 0 fully saturated rings. The molecule has 1 heterocycles. The van der Waals surface area contributed by atoms with Crippen LogP contribution in [0, 0.1) is 12.0 Å². The average Bonchev–Trinajstić information content (AvgIpc) is 2.65. The van der Waals surface area contributed by atoms with E-state index in [0.29, 0.717) is 19.7 Å². The Morgan fingerprint density at radius 2 is 1.92 bits per heavy atom. The summed E-state index contributed by atoms with van der Waals surface area (Å²) in [5, 5.41) is 0. The molecule has 0 radical (unpaired) electrons. The molecule has 1 aliphatic heterocycles. The molecule has 0 saturated carbocycles. The predicted octanol–water partition coefficient (Wildman–Crippen LogP) is 2.75. The van der Waals surface area contributed by atoms with E-state index in [0.717, 1.165) is 11.1 Å². The molecule has 3 rings (SSSR count). The van der Waals surface area contributed by atoms with Crippen molar-refractivity contribution in [3.05, 3.63) is 70.7 Å². The maximum Gasteiger partial charge on any atom is 0.240 e. The van der Waals surface area contributed by atoms with Crippen LogP contribution in [0.4, 0.5) is 0 Å². The van der Waals surface area contributed by atoms with Crippen LogP contribution in [-0.2, 0) is 19.7 Å². The number of benzene rings is 1. The first-order chi connectivity index (χ1) is 12.4. The third-order valence-electron chi connectivity index (χ3n) is 5.31. The van der Waals surface area contributed by atoms with Crippen LogP contribution >= 0.6 is 0 Å². The molecule has 0 N–H and O–H groups in total. The molecule has 1 aliphatic carbocycles. The van der Waals surface area contributed by atoms with Gasteiger partial charge < -0.3 is 14.4 Å². The lowest BCUT2D eigenvalue weighted by molar-refractivity contribution is -0.136. The van der Waals surface area contributed by atoms with Gasteiger partial charge in [0.1, 0.15) is 5.41 Å². The van der Waals surface area contributed by atoms with E-state index >= 15 is 0 Å². The Hall–Kier alpha value is -2.71. The first-order valence-corrected chi connectivity index (χ1v) is 8.59. The number of methoxy groups -OCH3 is 1. The topological polar surface area (TPSA) is 51.0 Å². The lowest BCUT2D eigenvalue weighted by Gasteiger charge is -2.48. The van der Waals surface area contributed by atoms with E-state index in [1.54, 1.807) is 31.9 Å². The fraction of sp³-hybridized carbons (Fsp3) is 0.381. The second-order valence-electron chi connectivity index (χ2n) is 7.13. The summed E-state index contributed by atoms with van der Waals surface area (Å²) in [6, 6.07) is 9.40. The van der Waals surface area contributed by atoms with E-state index in [4.69, 9.17) is 11.3 Å². The molecule has 0 bridgehead atoms. The van der Waals surface area contributed by atoms with Crippen molar-refractivity contribution in [1.29, 1.82) is 0 Å². The molecule has 1 atom stereocenters. The fourth-order valence-corrected chi connectivity index (χ4v) is 3.95. The lowest BCUT2D eigenvalue weighted by atomic mass is 9.57. The summed E-state index contributed by atoms with van der Waals surface area (Å²) in [5.74, 6) is -0.344. The summed E-state index contributed by atoms with van der Waals surface area (Å²) in [4.78, 5) is 31.6. The van der Waals surface area contributed by atoms with Gasteiger partial charge in [0.15, 0.2) is 5.78 Å². The third kappa shape index (κ3) is 2.49. The van der Waals surface area contributed by atoms with E-state index in [2.05, 4.69) is 4.85 Å². The Bertz CT molecular complexity index is 846. The highest BCUT2D eigenvalue weighted by atomic mass is 16.5. The zero-order valence-electron chi connectivity index (χ0n) is 15.3. The largest absolute Gasteiger partial charge is 0.383 e. The van der Waals surface area contributed by atoms with Crippen molar-refractivity contribution in [3.63, 3.8) is 0 Å². The monoisotopic (exact) mass is 350 g/mol. The highest BCUT2D eigenvalue weighted by Gasteiger charge is 2.56. The number of carbonyl (C=O) groups is 2. The standard InChI is InChI=1S/C21H22N2O3/c1-20(2)17-10-11-23(12-13-26-4)19(25)21(17,14-16(22-3)18(20)24)15-8-6-5-7-9-15/h5-10,14H,11-13H2,1-2,4H3/t21-/m1/s1.